The third-order valence-electron chi connectivity index (χ3n) is 5.28. The van der Waals surface area contributed by atoms with Crippen LogP contribution in [0.5, 0.6) is 5.75 Å². The third kappa shape index (κ3) is 3.69. The first-order valence-corrected chi connectivity index (χ1v) is 8.88. The number of hydrogen-bond acceptors (Lipinski definition) is 3. The summed E-state index contributed by atoms with van der Waals surface area (Å²) in [6.45, 7) is 3.07. The van der Waals surface area contributed by atoms with Gasteiger partial charge in [0.1, 0.15) is 12.4 Å². The Bertz CT molecular complexity index is 538. The molecule has 2 heterocycles. The molecule has 1 saturated heterocycles. The van der Waals surface area contributed by atoms with E-state index < -0.39 is 0 Å². The van der Waals surface area contributed by atoms with Crippen LogP contribution in [0.1, 0.15) is 37.7 Å². The predicted molar refractivity (Wildman–Crippen MR) is 91.7 cm³/mol. The second-order valence-corrected chi connectivity index (χ2v) is 6.95. The summed E-state index contributed by atoms with van der Waals surface area (Å²) in [5.41, 5.74) is 1.09. The molecule has 1 amide bonds. The Morgan fingerprint density at radius 2 is 2.00 bits per heavy atom. The molecule has 1 unspecified atom stereocenters. The van der Waals surface area contributed by atoms with Crippen molar-refractivity contribution in [2.45, 2.75) is 38.5 Å². The summed E-state index contributed by atoms with van der Waals surface area (Å²) in [7, 11) is 1.92. The quantitative estimate of drug-likeness (QED) is 0.800. The van der Waals surface area contributed by atoms with Crippen molar-refractivity contribution in [3.05, 3.63) is 29.8 Å². The summed E-state index contributed by atoms with van der Waals surface area (Å²) in [6.07, 6.45) is 6.34. The van der Waals surface area contributed by atoms with Gasteiger partial charge in [-0.1, -0.05) is 24.6 Å². The van der Waals surface area contributed by atoms with E-state index in [1.165, 1.54) is 5.56 Å². The summed E-state index contributed by atoms with van der Waals surface area (Å²) < 4.78 is 5.95. The fourth-order valence-electron chi connectivity index (χ4n) is 3.90. The molecule has 1 fully saturated rings. The van der Waals surface area contributed by atoms with E-state index in [0.29, 0.717) is 19.1 Å². The topological polar surface area (TPSA) is 41.6 Å². The van der Waals surface area contributed by atoms with Crippen LogP contribution in [0.15, 0.2) is 24.3 Å². The molecular formula is C19H28N2O2. The monoisotopic (exact) mass is 316 g/mol. The molecule has 0 radical (unpaired) electrons. The molecule has 126 valence electrons. The van der Waals surface area contributed by atoms with Crippen molar-refractivity contribution >= 4 is 5.91 Å². The van der Waals surface area contributed by atoms with Gasteiger partial charge in [0.15, 0.2) is 0 Å². The summed E-state index contributed by atoms with van der Waals surface area (Å²) in [5, 5.41) is 3.45. The molecule has 2 aliphatic rings. The molecule has 0 aliphatic carbocycles. The molecule has 4 heteroatoms. The SMILES string of the molecule is CN1CCOc2ccccc2CCCCC2(CCCNC2)C1=O. The Kier molecular flexibility index (Phi) is 5.21. The lowest BCUT2D eigenvalue weighted by molar-refractivity contribution is -0.143. The van der Waals surface area contributed by atoms with Crippen molar-refractivity contribution in [3.8, 4) is 5.75 Å². The summed E-state index contributed by atoms with van der Waals surface area (Å²) in [5.74, 6) is 1.27. The summed E-state index contributed by atoms with van der Waals surface area (Å²) in [4.78, 5) is 14.9. The average Bonchev–Trinajstić information content (AvgIpc) is 2.59. The van der Waals surface area contributed by atoms with Gasteiger partial charge in [-0.3, -0.25) is 4.79 Å². The Balaban J connectivity index is 1.77. The molecule has 1 N–H and O–H groups in total. The Morgan fingerprint density at radius 3 is 2.83 bits per heavy atom. The van der Waals surface area contributed by atoms with Crippen molar-refractivity contribution in [2.75, 3.05) is 33.3 Å². The van der Waals surface area contributed by atoms with Gasteiger partial charge in [0.2, 0.25) is 5.91 Å². The minimum absolute atomic E-state index is 0.203. The van der Waals surface area contributed by atoms with E-state index in [9.17, 15) is 4.79 Å². The normalized spacial score (nSPS) is 26.8. The number of hydrogen-bond donors (Lipinski definition) is 1. The Labute approximate surface area is 139 Å². The number of likely N-dealkylation sites (N-methyl/N-ethyl adjacent to an activating group) is 1. The van der Waals surface area contributed by atoms with Gasteiger partial charge < -0.3 is 15.0 Å². The number of carbonyl (C=O) groups is 1. The number of benzene rings is 1. The number of fused-ring (bicyclic) bond motifs is 1. The molecule has 1 atom stereocenters. The average molecular weight is 316 g/mol. The summed E-state index contributed by atoms with van der Waals surface area (Å²) in [6, 6.07) is 8.29. The van der Waals surface area contributed by atoms with Crippen LogP contribution in [-0.2, 0) is 11.2 Å². The lowest BCUT2D eigenvalue weighted by Gasteiger charge is -2.39. The highest BCUT2D eigenvalue weighted by Crippen LogP contribution is 2.35. The highest BCUT2D eigenvalue weighted by atomic mass is 16.5. The van der Waals surface area contributed by atoms with Gasteiger partial charge in [0.25, 0.3) is 0 Å². The van der Waals surface area contributed by atoms with Gasteiger partial charge in [-0.15, -0.1) is 0 Å². The first-order chi connectivity index (χ1) is 11.2. The fourth-order valence-corrected chi connectivity index (χ4v) is 3.90. The molecule has 1 aromatic rings. The fraction of sp³-hybridized carbons (Fsp3) is 0.632. The highest BCUT2D eigenvalue weighted by molar-refractivity contribution is 5.83. The molecular weight excluding hydrogens is 288 g/mol. The zero-order chi connectivity index (χ0) is 16.1. The number of aryl methyl sites for hydroxylation is 1. The molecule has 0 aromatic heterocycles. The van der Waals surface area contributed by atoms with Gasteiger partial charge in [0.05, 0.1) is 12.0 Å². The van der Waals surface area contributed by atoms with Crippen molar-refractivity contribution in [1.82, 2.24) is 10.2 Å². The van der Waals surface area contributed by atoms with Crippen molar-refractivity contribution in [3.63, 3.8) is 0 Å². The van der Waals surface area contributed by atoms with Crippen LogP contribution in [0.2, 0.25) is 0 Å². The highest BCUT2D eigenvalue weighted by Gasteiger charge is 2.40. The molecule has 0 saturated carbocycles. The van der Waals surface area contributed by atoms with Crippen molar-refractivity contribution in [2.24, 2.45) is 5.41 Å². The van der Waals surface area contributed by atoms with Gasteiger partial charge in [-0.2, -0.15) is 0 Å². The maximum atomic E-state index is 13.0. The smallest absolute Gasteiger partial charge is 0.229 e. The largest absolute Gasteiger partial charge is 0.491 e. The molecule has 23 heavy (non-hydrogen) atoms. The number of amides is 1. The van der Waals surface area contributed by atoms with E-state index in [4.69, 9.17) is 4.74 Å². The first-order valence-electron chi connectivity index (χ1n) is 8.88. The molecule has 4 nitrogen and oxygen atoms in total. The second-order valence-electron chi connectivity index (χ2n) is 6.95. The molecule has 0 bridgehead atoms. The minimum Gasteiger partial charge on any atom is -0.491 e. The third-order valence-corrected chi connectivity index (χ3v) is 5.28. The van der Waals surface area contributed by atoms with Gasteiger partial charge in [-0.05, 0) is 50.3 Å². The van der Waals surface area contributed by atoms with E-state index in [-0.39, 0.29) is 5.41 Å². The van der Waals surface area contributed by atoms with Crippen LogP contribution in [0.25, 0.3) is 0 Å². The number of carbonyl (C=O) groups excluding carboxylic acids is 1. The minimum atomic E-state index is -0.203. The first kappa shape index (κ1) is 16.3. The van der Waals surface area contributed by atoms with E-state index in [0.717, 1.165) is 57.4 Å². The lowest BCUT2D eigenvalue weighted by atomic mass is 9.75. The number of nitrogens with one attached hydrogen (secondary N) is 1. The second kappa shape index (κ2) is 7.35. The van der Waals surface area contributed by atoms with Crippen LogP contribution in [0, 0.1) is 5.41 Å². The van der Waals surface area contributed by atoms with Crippen LogP contribution < -0.4 is 10.1 Å². The zero-order valence-corrected chi connectivity index (χ0v) is 14.1. The molecule has 2 aliphatic heterocycles. The van der Waals surface area contributed by atoms with Crippen LogP contribution in [0.4, 0.5) is 0 Å². The Morgan fingerprint density at radius 1 is 1.17 bits per heavy atom. The van der Waals surface area contributed by atoms with E-state index in [1.807, 2.05) is 24.1 Å². The number of ether oxygens (including phenoxy) is 1. The number of piperidine rings is 1. The van der Waals surface area contributed by atoms with Crippen molar-refractivity contribution < 1.29 is 9.53 Å². The van der Waals surface area contributed by atoms with E-state index >= 15 is 0 Å². The lowest BCUT2D eigenvalue weighted by Crippen LogP contribution is -2.51. The van der Waals surface area contributed by atoms with Crippen LogP contribution in [-0.4, -0.2) is 44.1 Å². The Hall–Kier alpha value is -1.55. The van der Waals surface area contributed by atoms with Crippen LogP contribution >= 0.6 is 0 Å². The predicted octanol–water partition coefficient (Wildman–Crippen LogP) is 2.62. The van der Waals surface area contributed by atoms with Gasteiger partial charge in [0, 0.05) is 13.6 Å². The molecule has 1 aromatic carbocycles. The number of nitrogens with zero attached hydrogens (tertiary/aromatic N) is 1. The maximum absolute atomic E-state index is 13.0. The number of rotatable bonds is 0. The molecule has 3 rings (SSSR count). The molecule has 1 spiro atoms. The number of para-hydroxylation sites is 1. The van der Waals surface area contributed by atoms with E-state index in [2.05, 4.69) is 17.4 Å². The summed E-state index contributed by atoms with van der Waals surface area (Å²) >= 11 is 0. The zero-order valence-electron chi connectivity index (χ0n) is 14.1. The van der Waals surface area contributed by atoms with Gasteiger partial charge in [-0.25, -0.2) is 0 Å². The van der Waals surface area contributed by atoms with Gasteiger partial charge >= 0.3 is 0 Å². The van der Waals surface area contributed by atoms with Crippen LogP contribution in [0.3, 0.4) is 0 Å². The standard InChI is InChI=1S/C19H28N2O2/c1-21-13-14-23-17-9-3-2-7-16(17)8-4-5-10-19(18(21)22)11-6-12-20-15-19/h2-3,7,9,20H,4-6,8,10-15H2,1H3. The van der Waals surface area contributed by atoms with Crippen molar-refractivity contribution in [1.29, 1.82) is 0 Å². The maximum Gasteiger partial charge on any atom is 0.229 e. The van der Waals surface area contributed by atoms with E-state index in [1.54, 1.807) is 0 Å².